The average Bonchev–Trinajstić information content (AvgIpc) is 2.40. The lowest BCUT2D eigenvalue weighted by atomic mass is 10.1. The summed E-state index contributed by atoms with van der Waals surface area (Å²) in [5.41, 5.74) is 3.77. The van der Waals surface area contributed by atoms with Gasteiger partial charge in [0.2, 0.25) is 0 Å². The standard InChI is InChI=1S/C16H21N3/c1-3-5-15-11-16(19-12-18-15)17-9-8-14-7-4-6-13(2)10-14/h4,6-7,10-12H,3,5,8-9H2,1-2H3,(H,17,18,19). The Labute approximate surface area is 115 Å². The van der Waals surface area contributed by atoms with Gasteiger partial charge in [-0.3, -0.25) is 0 Å². The quantitative estimate of drug-likeness (QED) is 0.859. The molecule has 0 amide bonds. The van der Waals surface area contributed by atoms with E-state index in [2.05, 4.69) is 53.4 Å². The zero-order valence-corrected chi connectivity index (χ0v) is 11.7. The van der Waals surface area contributed by atoms with E-state index in [1.54, 1.807) is 6.33 Å². The van der Waals surface area contributed by atoms with E-state index in [-0.39, 0.29) is 0 Å². The van der Waals surface area contributed by atoms with Gasteiger partial charge in [0.1, 0.15) is 12.1 Å². The van der Waals surface area contributed by atoms with Gasteiger partial charge in [-0.1, -0.05) is 43.2 Å². The summed E-state index contributed by atoms with van der Waals surface area (Å²) < 4.78 is 0. The molecule has 1 aromatic carbocycles. The van der Waals surface area contributed by atoms with Gasteiger partial charge in [0.05, 0.1) is 0 Å². The topological polar surface area (TPSA) is 37.8 Å². The zero-order valence-electron chi connectivity index (χ0n) is 11.7. The summed E-state index contributed by atoms with van der Waals surface area (Å²) in [5.74, 6) is 0.922. The van der Waals surface area contributed by atoms with Crippen molar-refractivity contribution < 1.29 is 0 Å². The molecule has 0 spiro atoms. The predicted octanol–water partition coefficient (Wildman–Crippen LogP) is 3.39. The second kappa shape index (κ2) is 6.88. The Balaban J connectivity index is 1.87. The third kappa shape index (κ3) is 4.36. The minimum Gasteiger partial charge on any atom is -0.370 e. The van der Waals surface area contributed by atoms with Crippen molar-refractivity contribution in [3.8, 4) is 0 Å². The van der Waals surface area contributed by atoms with Gasteiger partial charge in [0.25, 0.3) is 0 Å². The number of anilines is 1. The molecule has 1 aromatic heterocycles. The molecule has 19 heavy (non-hydrogen) atoms. The number of nitrogens with one attached hydrogen (secondary N) is 1. The van der Waals surface area contributed by atoms with Crippen LogP contribution >= 0.6 is 0 Å². The molecule has 0 atom stereocenters. The molecule has 1 N–H and O–H groups in total. The predicted molar refractivity (Wildman–Crippen MR) is 79.4 cm³/mol. The molecule has 3 heteroatoms. The fourth-order valence-electron chi connectivity index (χ4n) is 2.09. The lowest BCUT2D eigenvalue weighted by Crippen LogP contribution is -2.07. The maximum absolute atomic E-state index is 4.26. The van der Waals surface area contributed by atoms with E-state index in [1.807, 2.05) is 6.07 Å². The van der Waals surface area contributed by atoms with Crippen molar-refractivity contribution in [1.29, 1.82) is 0 Å². The first kappa shape index (κ1) is 13.5. The van der Waals surface area contributed by atoms with Crippen LogP contribution in [0.25, 0.3) is 0 Å². The maximum atomic E-state index is 4.26. The molecule has 2 rings (SSSR count). The first-order valence-corrected chi connectivity index (χ1v) is 6.88. The van der Waals surface area contributed by atoms with Crippen LogP contribution in [0.1, 0.15) is 30.2 Å². The fraction of sp³-hybridized carbons (Fsp3) is 0.375. The molecular weight excluding hydrogens is 234 g/mol. The maximum Gasteiger partial charge on any atom is 0.129 e. The van der Waals surface area contributed by atoms with Crippen molar-refractivity contribution in [3.63, 3.8) is 0 Å². The Bertz CT molecular complexity index is 523. The van der Waals surface area contributed by atoms with Gasteiger partial charge < -0.3 is 5.32 Å². The van der Waals surface area contributed by atoms with Gasteiger partial charge >= 0.3 is 0 Å². The summed E-state index contributed by atoms with van der Waals surface area (Å²) in [5, 5.41) is 3.36. The number of aryl methyl sites for hydroxylation is 2. The van der Waals surface area contributed by atoms with Gasteiger partial charge in [-0.2, -0.15) is 0 Å². The van der Waals surface area contributed by atoms with Gasteiger partial charge in [-0.25, -0.2) is 9.97 Å². The molecule has 0 saturated carbocycles. The minimum atomic E-state index is 0.895. The average molecular weight is 255 g/mol. The van der Waals surface area contributed by atoms with E-state index in [1.165, 1.54) is 11.1 Å². The summed E-state index contributed by atoms with van der Waals surface area (Å²) in [6, 6.07) is 10.7. The molecular formula is C16H21N3. The van der Waals surface area contributed by atoms with Crippen LogP contribution in [-0.2, 0) is 12.8 Å². The van der Waals surface area contributed by atoms with E-state index in [9.17, 15) is 0 Å². The van der Waals surface area contributed by atoms with Crippen molar-refractivity contribution in [2.45, 2.75) is 33.1 Å². The number of benzene rings is 1. The van der Waals surface area contributed by atoms with Gasteiger partial charge in [-0.05, 0) is 25.3 Å². The molecule has 0 fully saturated rings. The van der Waals surface area contributed by atoms with Crippen LogP contribution in [0.4, 0.5) is 5.82 Å². The molecule has 3 nitrogen and oxygen atoms in total. The highest BCUT2D eigenvalue weighted by molar-refractivity contribution is 5.35. The highest BCUT2D eigenvalue weighted by Gasteiger charge is 1.98. The van der Waals surface area contributed by atoms with Crippen LogP contribution < -0.4 is 5.32 Å². The van der Waals surface area contributed by atoms with Crippen molar-refractivity contribution in [2.24, 2.45) is 0 Å². The Kier molecular flexibility index (Phi) is 4.90. The van der Waals surface area contributed by atoms with E-state index in [0.717, 1.165) is 37.3 Å². The third-order valence-corrected chi connectivity index (χ3v) is 3.03. The zero-order chi connectivity index (χ0) is 13.5. The van der Waals surface area contributed by atoms with Crippen molar-refractivity contribution in [3.05, 3.63) is 53.5 Å². The monoisotopic (exact) mass is 255 g/mol. The van der Waals surface area contributed by atoms with Crippen molar-refractivity contribution >= 4 is 5.82 Å². The largest absolute Gasteiger partial charge is 0.370 e. The van der Waals surface area contributed by atoms with Gasteiger partial charge in [0, 0.05) is 18.3 Å². The van der Waals surface area contributed by atoms with E-state index in [0.29, 0.717) is 0 Å². The highest BCUT2D eigenvalue weighted by atomic mass is 15.0. The molecule has 0 radical (unpaired) electrons. The van der Waals surface area contributed by atoms with Crippen LogP contribution in [0.3, 0.4) is 0 Å². The normalized spacial score (nSPS) is 10.4. The summed E-state index contributed by atoms with van der Waals surface area (Å²) >= 11 is 0. The summed E-state index contributed by atoms with van der Waals surface area (Å²) in [7, 11) is 0. The summed E-state index contributed by atoms with van der Waals surface area (Å²) in [4.78, 5) is 8.50. The number of nitrogens with zero attached hydrogens (tertiary/aromatic N) is 2. The SMILES string of the molecule is CCCc1cc(NCCc2cccc(C)c2)ncn1. The molecule has 1 heterocycles. The van der Waals surface area contributed by atoms with E-state index >= 15 is 0 Å². The summed E-state index contributed by atoms with van der Waals surface area (Å²) in [6.45, 7) is 5.18. The van der Waals surface area contributed by atoms with Crippen LogP contribution in [0.5, 0.6) is 0 Å². The van der Waals surface area contributed by atoms with Gasteiger partial charge in [0.15, 0.2) is 0 Å². The van der Waals surface area contributed by atoms with Gasteiger partial charge in [-0.15, -0.1) is 0 Å². The van der Waals surface area contributed by atoms with Crippen molar-refractivity contribution in [1.82, 2.24) is 9.97 Å². The molecule has 0 aliphatic carbocycles. The summed E-state index contributed by atoms with van der Waals surface area (Å²) in [6.07, 6.45) is 4.77. The third-order valence-electron chi connectivity index (χ3n) is 3.03. The molecule has 0 aliphatic heterocycles. The molecule has 0 bridgehead atoms. The number of hydrogen-bond donors (Lipinski definition) is 1. The van der Waals surface area contributed by atoms with Crippen molar-refractivity contribution in [2.75, 3.05) is 11.9 Å². The Morgan fingerprint density at radius 1 is 1.11 bits per heavy atom. The molecule has 2 aromatic rings. The molecule has 0 saturated heterocycles. The van der Waals surface area contributed by atoms with Crippen LogP contribution in [0, 0.1) is 6.92 Å². The van der Waals surface area contributed by atoms with Crippen LogP contribution in [0.2, 0.25) is 0 Å². The molecule has 0 unspecified atom stereocenters. The number of hydrogen-bond acceptors (Lipinski definition) is 3. The second-order valence-corrected chi connectivity index (χ2v) is 4.81. The Morgan fingerprint density at radius 2 is 2.00 bits per heavy atom. The number of rotatable bonds is 6. The second-order valence-electron chi connectivity index (χ2n) is 4.81. The lowest BCUT2D eigenvalue weighted by molar-refractivity contribution is 0.870. The van der Waals surface area contributed by atoms with Crippen LogP contribution in [-0.4, -0.2) is 16.5 Å². The molecule has 100 valence electrons. The Morgan fingerprint density at radius 3 is 2.79 bits per heavy atom. The minimum absolute atomic E-state index is 0.895. The smallest absolute Gasteiger partial charge is 0.129 e. The number of aromatic nitrogens is 2. The lowest BCUT2D eigenvalue weighted by Gasteiger charge is -2.07. The molecule has 0 aliphatic rings. The Hall–Kier alpha value is -1.90. The first-order valence-electron chi connectivity index (χ1n) is 6.88. The highest BCUT2D eigenvalue weighted by Crippen LogP contribution is 2.08. The first-order chi connectivity index (χ1) is 9.28. The fourth-order valence-corrected chi connectivity index (χ4v) is 2.09. The van der Waals surface area contributed by atoms with E-state index in [4.69, 9.17) is 0 Å². The van der Waals surface area contributed by atoms with Crippen LogP contribution in [0.15, 0.2) is 36.7 Å². The van der Waals surface area contributed by atoms with E-state index < -0.39 is 0 Å².